The summed E-state index contributed by atoms with van der Waals surface area (Å²) in [5.74, 6) is 0. The van der Waals surface area contributed by atoms with Gasteiger partial charge in [-0.1, -0.05) is 6.04 Å². The largest absolute Gasteiger partial charge is 0.416 e. The fraction of sp³-hybridized carbons (Fsp3) is 1.00. The van der Waals surface area contributed by atoms with Gasteiger partial charge >= 0.3 is 6.18 Å². The van der Waals surface area contributed by atoms with Crippen molar-refractivity contribution in [2.45, 2.75) is 31.2 Å². The third kappa shape index (κ3) is 2.30. The monoisotopic (exact) mass is 172 g/mol. The van der Waals surface area contributed by atoms with Gasteiger partial charge in [-0.2, -0.15) is 13.2 Å². The molecule has 1 atom stereocenters. The van der Waals surface area contributed by atoms with E-state index in [0.717, 1.165) is 6.92 Å². The van der Waals surface area contributed by atoms with Crippen molar-refractivity contribution in [3.63, 3.8) is 0 Å². The van der Waals surface area contributed by atoms with Crippen LogP contribution in [0.3, 0.4) is 0 Å². The highest BCUT2D eigenvalue weighted by Gasteiger charge is 2.48. The van der Waals surface area contributed by atoms with Crippen LogP contribution in [0.4, 0.5) is 13.2 Å². The standard InChI is InChI=1S/C5H11F3OSi/c1-4(9,2-3-10)5(6,7)8/h9H,2-3H2,1,10H3. The fourth-order valence-corrected chi connectivity index (χ4v) is 1.60. The van der Waals surface area contributed by atoms with Gasteiger partial charge < -0.3 is 5.11 Å². The molecule has 0 fully saturated rings. The maximum absolute atomic E-state index is 11.8. The summed E-state index contributed by atoms with van der Waals surface area (Å²) in [5.41, 5.74) is -2.48. The molecule has 0 aliphatic carbocycles. The van der Waals surface area contributed by atoms with Gasteiger partial charge in [0, 0.05) is 10.2 Å². The first kappa shape index (κ1) is 9.97. The average molecular weight is 172 g/mol. The summed E-state index contributed by atoms with van der Waals surface area (Å²) in [4.78, 5) is 0. The topological polar surface area (TPSA) is 20.2 Å². The lowest BCUT2D eigenvalue weighted by Crippen LogP contribution is -2.41. The zero-order valence-electron chi connectivity index (χ0n) is 6.00. The van der Waals surface area contributed by atoms with Gasteiger partial charge in [0.1, 0.15) is 0 Å². The van der Waals surface area contributed by atoms with E-state index in [1.54, 1.807) is 0 Å². The van der Waals surface area contributed by atoms with Gasteiger partial charge in [0.15, 0.2) is 5.60 Å². The van der Waals surface area contributed by atoms with Crippen LogP contribution >= 0.6 is 0 Å². The molecule has 0 bridgehead atoms. The van der Waals surface area contributed by atoms with E-state index >= 15 is 0 Å². The maximum atomic E-state index is 11.8. The van der Waals surface area contributed by atoms with Crippen molar-refractivity contribution in [3.05, 3.63) is 0 Å². The Kier molecular flexibility index (Phi) is 2.91. The molecule has 0 aromatic rings. The van der Waals surface area contributed by atoms with Crippen molar-refractivity contribution in [2.75, 3.05) is 0 Å². The quantitative estimate of drug-likeness (QED) is 0.600. The predicted molar refractivity (Wildman–Crippen MR) is 36.0 cm³/mol. The van der Waals surface area contributed by atoms with Gasteiger partial charge in [0.2, 0.25) is 0 Å². The number of halogens is 3. The first-order valence-electron chi connectivity index (χ1n) is 3.10. The molecule has 1 N–H and O–H groups in total. The van der Waals surface area contributed by atoms with Gasteiger partial charge in [-0.3, -0.25) is 0 Å². The Balaban J connectivity index is 4.10. The first-order valence-corrected chi connectivity index (χ1v) is 4.52. The van der Waals surface area contributed by atoms with Crippen molar-refractivity contribution in [2.24, 2.45) is 0 Å². The Labute approximate surface area is 60.7 Å². The van der Waals surface area contributed by atoms with Gasteiger partial charge in [-0.15, -0.1) is 0 Å². The normalized spacial score (nSPS) is 18.9. The molecule has 1 unspecified atom stereocenters. The lowest BCUT2D eigenvalue weighted by Gasteiger charge is -2.25. The molecule has 0 heterocycles. The molecule has 1 nitrogen and oxygen atoms in total. The molecule has 0 aliphatic rings. The van der Waals surface area contributed by atoms with E-state index < -0.39 is 11.8 Å². The number of aliphatic hydroxyl groups is 1. The van der Waals surface area contributed by atoms with E-state index in [1.807, 2.05) is 0 Å². The van der Waals surface area contributed by atoms with Crippen molar-refractivity contribution in [3.8, 4) is 0 Å². The van der Waals surface area contributed by atoms with Crippen LogP contribution in [0, 0.1) is 0 Å². The smallest absolute Gasteiger partial charge is 0.381 e. The van der Waals surface area contributed by atoms with Crippen LogP contribution in [0.5, 0.6) is 0 Å². The highest BCUT2D eigenvalue weighted by atomic mass is 28.1. The van der Waals surface area contributed by atoms with Gasteiger partial charge in [0.25, 0.3) is 0 Å². The zero-order chi connectivity index (χ0) is 8.41. The van der Waals surface area contributed by atoms with E-state index in [0.29, 0.717) is 16.3 Å². The van der Waals surface area contributed by atoms with E-state index in [1.165, 1.54) is 0 Å². The zero-order valence-corrected chi connectivity index (χ0v) is 8.00. The summed E-state index contributed by atoms with van der Waals surface area (Å²) in [6, 6.07) is 0.465. The molecule has 0 aromatic heterocycles. The van der Waals surface area contributed by atoms with Crippen molar-refractivity contribution < 1.29 is 18.3 Å². The molecular weight excluding hydrogens is 161 g/mol. The second-order valence-corrected chi connectivity index (χ2v) is 3.52. The van der Waals surface area contributed by atoms with Crippen molar-refractivity contribution in [1.82, 2.24) is 0 Å². The summed E-state index contributed by atoms with van der Waals surface area (Å²) in [5, 5.41) is 8.75. The fourth-order valence-electron chi connectivity index (χ4n) is 0.629. The SMILES string of the molecule is CC(O)(CC[SiH3])C(F)(F)F. The number of alkyl halides is 3. The highest BCUT2D eigenvalue weighted by molar-refractivity contribution is 6.08. The van der Waals surface area contributed by atoms with Crippen molar-refractivity contribution >= 4 is 10.2 Å². The Hall–Kier alpha value is -0.0331. The molecule has 62 valence electrons. The van der Waals surface area contributed by atoms with Crippen LogP contribution in [0.2, 0.25) is 6.04 Å². The van der Waals surface area contributed by atoms with Crippen LogP contribution in [-0.2, 0) is 0 Å². The van der Waals surface area contributed by atoms with Gasteiger partial charge in [-0.05, 0) is 13.3 Å². The third-order valence-corrected chi connectivity index (χ3v) is 1.85. The minimum atomic E-state index is -4.47. The third-order valence-electron chi connectivity index (χ3n) is 1.35. The molecule has 5 heteroatoms. The van der Waals surface area contributed by atoms with E-state index in [-0.39, 0.29) is 6.42 Å². The molecule has 0 aliphatic heterocycles. The first-order chi connectivity index (χ1) is 4.31. The molecule has 0 saturated carbocycles. The molecule has 0 spiro atoms. The Morgan fingerprint density at radius 3 is 1.90 bits per heavy atom. The van der Waals surface area contributed by atoms with Gasteiger partial charge in [-0.25, -0.2) is 0 Å². The molecule has 0 amide bonds. The second-order valence-electron chi connectivity index (χ2n) is 2.52. The molecular formula is C5H11F3OSi. The molecule has 0 aromatic carbocycles. The summed E-state index contributed by atoms with van der Waals surface area (Å²) >= 11 is 0. The van der Waals surface area contributed by atoms with Crippen molar-refractivity contribution in [1.29, 1.82) is 0 Å². The molecule has 0 radical (unpaired) electrons. The van der Waals surface area contributed by atoms with E-state index in [9.17, 15) is 13.2 Å². The van der Waals surface area contributed by atoms with Crippen LogP contribution in [-0.4, -0.2) is 27.1 Å². The predicted octanol–water partition coefficient (Wildman–Crippen LogP) is 0.473. The Morgan fingerprint density at radius 1 is 1.40 bits per heavy atom. The minimum Gasteiger partial charge on any atom is -0.381 e. The number of hydrogen-bond acceptors (Lipinski definition) is 1. The minimum absolute atomic E-state index is 0.178. The van der Waals surface area contributed by atoms with Crippen LogP contribution in [0.25, 0.3) is 0 Å². The average Bonchev–Trinajstić information content (AvgIpc) is 1.61. The van der Waals surface area contributed by atoms with E-state index in [2.05, 4.69) is 0 Å². The maximum Gasteiger partial charge on any atom is 0.416 e. The Bertz CT molecular complexity index is 110. The van der Waals surface area contributed by atoms with Gasteiger partial charge in [0.05, 0.1) is 0 Å². The Morgan fingerprint density at radius 2 is 1.80 bits per heavy atom. The van der Waals surface area contributed by atoms with Crippen LogP contribution in [0.15, 0.2) is 0 Å². The molecule has 0 saturated heterocycles. The summed E-state index contributed by atoms with van der Waals surface area (Å²) in [7, 11) is 0.694. The van der Waals surface area contributed by atoms with Crippen LogP contribution < -0.4 is 0 Å². The molecule has 10 heavy (non-hydrogen) atoms. The lowest BCUT2D eigenvalue weighted by molar-refractivity contribution is -0.253. The number of rotatable bonds is 2. The second kappa shape index (κ2) is 2.92. The summed E-state index contributed by atoms with van der Waals surface area (Å²) < 4.78 is 35.4. The molecule has 0 rings (SSSR count). The van der Waals surface area contributed by atoms with Crippen LogP contribution in [0.1, 0.15) is 13.3 Å². The number of hydrogen-bond donors (Lipinski definition) is 1. The summed E-state index contributed by atoms with van der Waals surface area (Å²) in [6.45, 7) is 0.810. The highest BCUT2D eigenvalue weighted by Crippen LogP contribution is 2.32. The van der Waals surface area contributed by atoms with E-state index in [4.69, 9.17) is 5.11 Å². The lowest BCUT2D eigenvalue weighted by atomic mass is 10.0. The summed E-state index contributed by atoms with van der Waals surface area (Å²) in [6.07, 6.45) is -4.65.